The Hall–Kier alpha value is -1.50. The maximum Gasteiger partial charge on any atom is 0.324 e. The molecule has 2 heterocycles. The van der Waals surface area contributed by atoms with Crippen LogP contribution in [-0.4, -0.2) is 48.3 Å². The number of carbonyl (C=O) groups is 1. The van der Waals surface area contributed by atoms with E-state index in [0.717, 1.165) is 31.8 Å². The normalized spacial score (nSPS) is 23.9. The summed E-state index contributed by atoms with van der Waals surface area (Å²) in [7, 11) is 0. The molecule has 0 amide bonds. The van der Waals surface area contributed by atoms with Gasteiger partial charge in [-0.05, 0) is 42.7 Å². The molecule has 0 bridgehead atoms. The first-order valence-electron chi connectivity index (χ1n) is 6.87. The average Bonchev–Trinajstić information content (AvgIpc) is 2.98. The van der Waals surface area contributed by atoms with Crippen LogP contribution in [0.25, 0.3) is 0 Å². The zero-order valence-corrected chi connectivity index (χ0v) is 11.5. The largest absolute Gasteiger partial charge is 0.480 e. The molecule has 7 heteroatoms. The number of aryl methyl sites for hydroxylation is 1. The summed E-state index contributed by atoms with van der Waals surface area (Å²) in [5.74, 6) is 0.0184. The predicted octanol–water partition coefficient (Wildman–Crippen LogP) is 0.912. The van der Waals surface area contributed by atoms with Crippen LogP contribution in [0.1, 0.15) is 45.4 Å². The molecule has 1 aliphatic heterocycles. The minimum Gasteiger partial charge on any atom is -0.480 e. The van der Waals surface area contributed by atoms with E-state index in [2.05, 4.69) is 22.4 Å². The molecule has 19 heavy (non-hydrogen) atoms. The number of aromatic nitrogens is 4. The van der Waals surface area contributed by atoms with Crippen molar-refractivity contribution in [3.05, 3.63) is 5.82 Å². The van der Waals surface area contributed by atoms with Gasteiger partial charge in [-0.15, -0.1) is 5.10 Å². The highest BCUT2D eigenvalue weighted by molar-refractivity contribution is 5.79. The van der Waals surface area contributed by atoms with Crippen molar-refractivity contribution in [2.24, 2.45) is 0 Å². The molecule has 1 atom stereocenters. The van der Waals surface area contributed by atoms with Crippen molar-refractivity contribution in [1.82, 2.24) is 25.1 Å². The van der Waals surface area contributed by atoms with Gasteiger partial charge in [-0.3, -0.25) is 9.69 Å². The van der Waals surface area contributed by atoms with Gasteiger partial charge in [0.05, 0.1) is 6.54 Å². The highest BCUT2D eigenvalue weighted by Gasteiger charge is 2.46. The van der Waals surface area contributed by atoms with E-state index in [9.17, 15) is 9.90 Å². The number of likely N-dealkylation sites (tertiary alicyclic amines) is 1. The summed E-state index contributed by atoms with van der Waals surface area (Å²) in [6.07, 6.45) is 3.18. The molecule has 1 aliphatic rings. The lowest BCUT2D eigenvalue weighted by molar-refractivity contribution is -0.150. The summed E-state index contributed by atoms with van der Waals surface area (Å²) in [6.45, 7) is 6.06. The smallest absolute Gasteiger partial charge is 0.324 e. The quantitative estimate of drug-likeness (QED) is 0.824. The van der Waals surface area contributed by atoms with Gasteiger partial charge in [0.25, 0.3) is 0 Å². The maximum absolute atomic E-state index is 11.6. The van der Waals surface area contributed by atoms with Crippen LogP contribution in [-0.2, 0) is 17.9 Å². The van der Waals surface area contributed by atoms with Crippen molar-refractivity contribution >= 4 is 5.97 Å². The van der Waals surface area contributed by atoms with Crippen LogP contribution < -0.4 is 0 Å². The molecule has 1 N–H and O–H groups in total. The highest BCUT2D eigenvalue weighted by atomic mass is 16.4. The van der Waals surface area contributed by atoms with E-state index in [1.807, 2.05) is 11.8 Å². The first kappa shape index (κ1) is 13.9. The van der Waals surface area contributed by atoms with E-state index in [4.69, 9.17) is 0 Å². The summed E-state index contributed by atoms with van der Waals surface area (Å²) in [6, 6.07) is 0. The number of carboxylic acids is 1. The fraction of sp³-hybridized carbons (Fsp3) is 0.833. The Kier molecular flexibility index (Phi) is 4.14. The van der Waals surface area contributed by atoms with E-state index in [0.29, 0.717) is 19.4 Å². The van der Waals surface area contributed by atoms with Crippen molar-refractivity contribution in [1.29, 1.82) is 0 Å². The molecule has 0 radical (unpaired) electrons. The molecule has 1 fully saturated rings. The van der Waals surface area contributed by atoms with Crippen molar-refractivity contribution in [2.45, 2.75) is 58.2 Å². The number of nitrogens with zero attached hydrogens (tertiary/aromatic N) is 5. The molecule has 1 aromatic rings. The molecular weight excluding hydrogens is 246 g/mol. The second-order valence-corrected chi connectivity index (χ2v) is 5.03. The van der Waals surface area contributed by atoms with Crippen molar-refractivity contribution in [2.75, 3.05) is 6.54 Å². The summed E-state index contributed by atoms with van der Waals surface area (Å²) >= 11 is 0. The second kappa shape index (κ2) is 5.64. The number of aliphatic carboxylic acids is 1. The third-order valence-corrected chi connectivity index (χ3v) is 3.98. The first-order chi connectivity index (χ1) is 9.14. The fourth-order valence-corrected chi connectivity index (χ4v) is 2.85. The van der Waals surface area contributed by atoms with Gasteiger partial charge in [-0.2, -0.15) is 0 Å². The van der Waals surface area contributed by atoms with Gasteiger partial charge >= 0.3 is 5.97 Å². The minimum atomic E-state index is -0.747. The van der Waals surface area contributed by atoms with Gasteiger partial charge in [-0.1, -0.05) is 13.8 Å². The van der Waals surface area contributed by atoms with Crippen LogP contribution in [0.4, 0.5) is 0 Å². The summed E-state index contributed by atoms with van der Waals surface area (Å²) in [4.78, 5) is 13.6. The Morgan fingerprint density at radius 2 is 2.26 bits per heavy atom. The zero-order chi connectivity index (χ0) is 13.9. The van der Waals surface area contributed by atoms with E-state index in [1.54, 1.807) is 4.68 Å². The fourth-order valence-electron chi connectivity index (χ4n) is 2.85. The SMILES string of the molecule is CCCn1nnnc1CN1CCCC1(CC)C(=O)O. The van der Waals surface area contributed by atoms with Crippen molar-refractivity contribution in [3.63, 3.8) is 0 Å². The Labute approximate surface area is 112 Å². The second-order valence-electron chi connectivity index (χ2n) is 5.03. The van der Waals surface area contributed by atoms with Crippen molar-refractivity contribution in [3.8, 4) is 0 Å². The van der Waals surface area contributed by atoms with Gasteiger partial charge in [0.15, 0.2) is 5.82 Å². The summed E-state index contributed by atoms with van der Waals surface area (Å²) in [5, 5.41) is 21.2. The van der Waals surface area contributed by atoms with Crippen LogP contribution >= 0.6 is 0 Å². The Morgan fingerprint density at radius 3 is 2.89 bits per heavy atom. The molecule has 0 aromatic carbocycles. The molecule has 2 rings (SSSR count). The highest BCUT2D eigenvalue weighted by Crippen LogP contribution is 2.33. The number of rotatable bonds is 6. The van der Waals surface area contributed by atoms with Gasteiger partial charge in [-0.25, -0.2) is 4.68 Å². The minimum absolute atomic E-state index is 0.507. The van der Waals surface area contributed by atoms with E-state index in [1.165, 1.54) is 0 Å². The Balaban J connectivity index is 2.17. The number of carboxylic acid groups (broad SMARTS) is 1. The summed E-state index contributed by atoms with van der Waals surface area (Å²) < 4.78 is 1.76. The predicted molar refractivity (Wildman–Crippen MR) is 68.4 cm³/mol. The lowest BCUT2D eigenvalue weighted by Crippen LogP contribution is -2.49. The molecule has 7 nitrogen and oxygen atoms in total. The van der Waals surface area contributed by atoms with E-state index >= 15 is 0 Å². The van der Waals surface area contributed by atoms with Crippen LogP contribution in [0.2, 0.25) is 0 Å². The van der Waals surface area contributed by atoms with Crippen LogP contribution in [0.15, 0.2) is 0 Å². The molecule has 1 saturated heterocycles. The van der Waals surface area contributed by atoms with Crippen molar-refractivity contribution < 1.29 is 9.90 Å². The number of hydrogen-bond donors (Lipinski definition) is 1. The molecular formula is C12H21N5O2. The van der Waals surface area contributed by atoms with Crippen LogP contribution in [0, 0.1) is 0 Å². The summed E-state index contributed by atoms with van der Waals surface area (Å²) in [5.41, 5.74) is -0.747. The van der Waals surface area contributed by atoms with Gasteiger partial charge in [0.2, 0.25) is 0 Å². The third-order valence-electron chi connectivity index (χ3n) is 3.98. The molecule has 0 aliphatic carbocycles. The standard InChI is InChI=1S/C12H21N5O2/c1-3-7-17-10(13-14-15-17)9-16-8-5-6-12(16,4-2)11(18)19/h3-9H2,1-2H3,(H,18,19). The average molecular weight is 267 g/mol. The Bertz CT molecular complexity index is 447. The number of hydrogen-bond acceptors (Lipinski definition) is 5. The van der Waals surface area contributed by atoms with Gasteiger partial charge in [0.1, 0.15) is 5.54 Å². The van der Waals surface area contributed by atoms with E-state index < -0.39 is 11.5 Å². The molecule has 106 valence electrons. The molecule has 1 unspecified atom stereocenters. The first-order valence-corrected chi connectivity index (χ1v) is 6.87. The lowest BCUT2D eigenvalue weighted by atomic mass is 9.93. The number of tetrazole rings is 1. The topological polar surface area (TPSA) is 84.1 Å². The third kappa shape index (κ3) is 2.47. The van der Waals surface area contributed by atoms with Crippen LogP contribution in [0.5, 0.6) is 0 Å². The van der Waals surface area contributed by atoms with Crippen LogP contribution in [0.3, 0.4) is 0 Å². The Morgan fingerprint density at radius 1 is 1.47 bits per heavy atom. The van der Waals surface area contributed by atoms with E-state index in [-0.39, 0.29) is 0 Å². The van der Waals surface area contributed by atoms with Gasteiger partial charge < -0.3 is 5.11 Å². The lowest BCUT2D eigenvalue weighted by Gasteiger charge is -2.33. The zero-order valence-electron chi connectivity index (χ0n) is 11.5. The molecule has 0 spiro atoms. The molecule has 1 aromatic heterocycles. The molecule has 0 saturated carbocycles. The van der Waals surface area contributed by atoms with Gasteiger partial charge in [0, 0.05) is 6.54 Å². The maximum atomic E-state index is 11.6. The monoisotopic (exact) mass is 267 g/mol.